The topological polar surface area (TPSA) is 67.4 Å². The molecule has 4 aromatic rings. The van der Waals surface area contributed by atoms with E-state index >= 15 is 0 Å². The van der Waals surface area contributed by atoms with Crippen molar-refractivity contribution >= 4 is 21.6 Å². The Balaban J connectivity index is 1.91. The van der Waals surface area contributed by atoms with E-state index in [2.05, 4.69) is 21.3 Å². The highest BCUT2D eigenvalue weighted by molar-refractivity contribution is 7.16. The van der Waals surface area contributed by atoms with Crippen LogP contribution < -0.4 is 0 Å². The van der Waals surface area contributed by atoms with Crippen LogP contribution in [0.15, 0.2) is 54.3 Å². The quantitative estimate of drug-likeness (QED) is 0.569. The Kier molecular flexibility index (Phi) is 2.92. The van der Waals surface area contributed by atoms with Crippen molar-refractivity contribution < 1.29 is 0 Å². The molecule has 0 unspecified atom stereocenters. The first-order valence-corrected chi connectivity index (χ1v) is 7.48. The average Bonchev–Trinajstić information content (AvgIpc) is 3.22. The molecule has 2 heterocycles. The third-order valence-electron chi connectivity index (χ3n) is 3.42. The lowest BCUT2D eigenvalue weighted by Crippen LogP contribution is -1.99. The summed E-state index contributed by atoms with van der Waals surface area (Å²) in [7, 11) is 0. The number of thiazole rings is 1. The molecule has 2 aromatic heterocycles. The van der Waals surface area contributed by atoms with E-state index in [9.17, 15) is 5.26 Å². The first kappa shape index (κ1) is 12.7. The number of fused-ring (bicyclic) bond motifs is 1. The van der Waals surface area contributed by atoms with Crippen LogP contribution in [0.25, 0.3) is 27.3 Å². The van der Waals surface area contributed by atoms with E-state index in [1.54, 1.807) is 23.7 Å². The van der Waals surface area contributed by atoms with Gasteiger partial charge in [-0.25, -0.2) is 4.98 Å². The van der Waals surface area contributed by atoms with Gasteiger partial charge in [-0.15, -0.1) is 21.5 Å². The molecular formula is C16H9N5S. The second kappa shape index (κ2) is 5.06. The maximum absolute atomic E-state index is 9.28. The highest BCUT2D eigenvalue weighted by atomic mass is 32.1. The number of aromatic nitrogens is 4. The summed E-state index contributed by atoms with van der Waals surface area (Å²) in [4.78, 5) is 4.33. The minimum Gasteiger partial charge on any atom is -0.280 e. The first-order chi connectivity index (χ1) is 10.9. The van der Waals surface area contributed by atoms with Gasteiger partial charge in [0.2, 0.25) is 0 Å². The minimum atomic E-state index is 0.582. The molecular weight excluding hydrogens is 294 g/mol. The van der Waals surface area contributed by atoms with Crippen LogP contribution in [0, 0.1) is 11.3 Å². The fraction of sp³-hybridized carbons (Fsp3) is 0. The molecule has 22 heavy (non-hydrogen) atoms. The van der Waals surface area contributed by atoms with Crippen LogP contribution in [0.4, 0.5) is 0 Å². The number of hydrogen-bond donors (Lipinski definition) is 0. The molecule has 2 aromatic carbocycles. The van der Waals surface area contributed by atoms with Crippen LogP contribution in [-0.4, -0.2) is 19.7 Å². The van der Waals surface area contributed by atoms with E-state index in [-0.39, 0.29) is 0 Å². The molecule has 0 bridgehead atoms. The van der Waals surface area contributed by atoms with Crippen molar-refractivity contribution in [3.05, 3.63) is 59.9 Å². The van der Waals surface area contributed by atoms with Crippen molar-refractivity contribution in [2.24, 2.45) is 0 Å². The van der Waals surface area contributed by atoms with Gasteiger partial charge in [-0.05, 0) is 30.3 Å². The van der Waals surface area contributed by atoms with Gasteiger partial charge in [0, 0.05) is 5.56 Å². The molecule has 0 radical (unpaired) electrons. The standard InChI is InChI=1S/C16H9N5S/c17-8-12-3-1-2-4-14(12)21-9-19-20-16(21)11-5-6-15-13(7-11)18-10-22-15/h1-7,9-10H. The maximum Gasteiger partial charge on any atom is 0.168 e. The third-order valence-corrected chi connectivity index (χ3v) is 4.23. The predicted molar refractivity (Wildman–Crippen MR) is 84.7 cm³/mol. The smallest absolute Gasteiger partial charge is 0.168 e. The summed E-state index contributed by atoms with van der Waals surface area (Å²) >= 11 is 1.60. The van der Waals surface area contributed by atoms with Gasteiger partial charge < -0.3 is 0 Å². The monoisotopic (exact) mass is 303 g/mol. The van der Waals surface area contributed by atoms with Crippen LogP contribution in [0.3, 0.4) is 0 Å². The number of hydrogen-bond acceptors (Lipinski definition) is 5. The molecule has 0 amide bonds. The number of benzene rings is 2. The van der Waals surface area contributed by atoms with Crippen molar-refractivity contribution in [3.63, 3.8) is 0 Å². The zero-order valence-corrected chi connectivity index (χ0v) is 12.2. The normalized spacial score (nSPS) is 10.7. The molecule has 0 atom stereocenters. The van der Waals surface area contributed by atoms with E-state index in [4.69, 9.17) is 0 Å². The molecule has 6 heteroatoms. The van der Waals surface area contributed by atoms with E-state index in [0.29, 0.717) is 11.4 Å². The third kappa shape index (κ3) is 1.96. The fourth-order valence-corrected chi connectivity index (χ4v) is 3.04. The van der Waals surface area contributed by atoms with E-state index in [1.165, 1.54) is 0 Å². The summed E-state index contributed by atoms with van der Waals surface area (Å²) in [5, 5.41) is 17.5. The number of para-hydroxylation sites is 1. The molecule has 0 aliphatic carbocycles. The molecule has 0 spiro atoms. The summed E-state index contributed by atoms with van der Waals surface area (Å²) < 4.78 is 2.96. The van der Waals surface area contributed by atoms with Gasteiger partial charge in [-0.1, -0.05) is 12.1 Å². The fourth-order valence-electron chi connectivity index (χ4n) is 2.38. The Morgan fingerprint density at radius 2 is 2.05 bits per heavy atom. The van der Waals surface area contributed by atoms with Gasteiger partial charge in [0.1, 0.15) is 12.4 Å². The van der Waals surface area contributed by atoms with Gasteiger partial charge >= 0.3 is 0 Å². The molecule has 0 fully saturated rings. The van der Waals surface area contributed by atoms with Crippen LogP contribution >= 0.6 is 11.3 Å². The minimum absolute atomic E-state index is 0.582. The SMILES string of the molecule is N#Cc1ccccc1-n1cnnc1-c1ccc2scnc2c1. The highest BCUT2D eigenvalue weighted by Gasteiger charge is 2.12. The highest BCUT2D eigenvalue weighted by Crippen LogP contribution is 2.26. The van der Waals surface area contributed by atoms with Crippen LogP contribution in [0.5, 0.6) is 0 Å². The van der Waals surface area contributed by atoms with Gasteiger partial charge in [0.15, 0.2) is 5.82 Å². The molecule has 104 valence electrons. The van der Waals surface area contributed by atoms with Crippen molar-refractivity contribution in [3.8, 4) is 23.1 Å². The van der Waals surface area contributed by atoms with Crippen molar-refractivity contribution in [2.45, 2.75) is 0 Å². The second-order valence-electron chi connectivity index (χ2n) is 4.69. The van der Waals surface area contributed by atoms with E-state index in [0.717, 1.165) is 21.5 Å². The second-order valence-corrected chi connectivity index (χ2v) is 5.57. The van der Waals surface area contributed by atoms with E-state index < -0.39 is 0 Å². The van der Waals surface area contributed by atoms with E-state index in [1.807, 2.05) is 46.5 Å². The molecule has 0 aliphatic rings. The van der Waals surface area contributed by atoms with Gasteiger partial charge in [-0.3, -0.25) is 4.57 Å². The molecule has 0 saturated carbocycles. The summed E-state index contributed by atoms with van der Waals surface area (Å²) in [6.45, 7) is 0. The zero-order valence-electron chi connectivity index (χ0n) is 11.3. The zero-order chi connectivity index (χ0) is 14.9. The van der Waals surface area contributed by atoms with Crippen molar-refractivity contribution in [1.29, 1.82) is 5.26 Å². The molecule has 5 nitrogen and oxygen atoms in total. The predicted octanol–water partition coefficient (Wildman–Crippen LogP) is 3.42. The molecule has 0 N–H and O–H groups in total. The molecule has 0 aliphatic heterocycles. The largest absolute Gasteiger partial charge is 0.280 e. The van der Waals surface area contributed by atoms with Gasteiger partial charge in [0.25, 0.3) is 0 Å². The number of nitriles is 1. The van der Waals surface area contributed by atoms with Crippen LogP contribution in [0.1, 0.15) is 5.56 Å². The lowest BCUT2D eigenvalue weighted by molar-refractivity contribution is 1.06. The summed E-state index contributed by atoms with van der Waals surface area (Å²) in [5.41, 5.74) is 5.03. The molecule has 0 saturated heterocycles. The van der Waals surface area contributed by atoms with Crippen molar-refractivity contribution in [2.75, 3.05) is 0 Å². The Labute approximate surface area is 130 Å². The van der Waals surface area contributed by atoms with Crippen molar-refractivity contribution in [1.82, 2.24) is 19.7 Å². The first-order valence-electron chi connectivity index (χ1n) is 6.60. The lowest BCUT2D eigenvalue weighted by Gasteiger charge is -2.08. The Hall–Kier alpha value is -3.04. The van der Waals surface area contributed by atoms with Crippen LogP contribution in [-0.2, 0) is 0 Å². The Morgan fingerprint density at radius 3 is 2.95 bits per heavy atom. The summed E-state index contributed by atoms with van der Waals surface area (Å²) in [6.07, 6.45) is 1.62. The maximum atomic E-state index is 9.28. The van der Waals surface area contributed by atoms with Gasteiger partial charge in [-0.2, -0.15) is 5.26 Å². The Bertz CT molecular complexity index is 1010. The number of rotatable bonds is 2. The number of nitrogens with zero attached hydrogens (tertiary/aromatic N) is 5. The Morgan fingerprint density at radius 1 is 1.14 bits per heavy atom. The van der Waals surface area contributed by atoms with Crippen LogP contribution in [0.2, 0.25) is 0 Å². The molecule has 4 rings (SSSR count). The lowest BCUT2D eigenvalue weighted by atomic mass is 10.1. The van der Waals surface area contributed by atoms with Gasteiger partial charge in [0.05, 0.1) is 27.0 Å². The summed E-state index contributed by atoms with van der Waals surface area (Å²) in [5.74, 6) is 0.692. The average molecular weight is 303 g/mol. The summed E-state index contributed by atoms with van der Waals surface area (Å²) in [6, 6.07) is 15.6.